The molecule has 5 nitrogen and oxygen atoms in total. The number of urea groups is 1. The van der Waals surface area contributed by atoms with E-state index < -0.39 is 11.9 Å². The number of fused-ring (bicyclic) bond motifs is 1. The van der Waals surface area contributed by atoms with Crippen LogP contribution in [0.1, 0.15) is 32.6 Å². The lowest BCUT2D eigenvalue weighted by Gasteiger charge is -2.29. The zero-order valence-corrected chi connectivity index (χ0v) is 14.5. The highest BCUT2D eigenvalue weighted by Gasteiger charge is 2.23. The molecular weight excluding hydrogens is 316 g/mol. The minimum absolute atomic E-state index is 0.139. The van der Waals surface area contributed by atoms with Gasteiger partial charge in [0.1, 0.15) is 5.75 Å². The lowest BCUT2D eigenvalue weighted by molar-refractivity contribution is -0.122. The Morgan fingerprint density at radius 2 is 1.84 bits per heavy atom. The summed E-state index contributed by atoms with van der Waals surface area (Å²) in [5, 5.41) is 7.24. The monoisotopic (exact) mass is 340 g/mol. The number of nitrogens with one attached hydrogen (secondary N) is 2. The highest BCUT2D eigenvalue weighted by molar-refractivity contribution is 5.95. The molecule has 0 radical (unpaired) electrons. The molecule has 5 heteroatoms. The van der Waals surface area contributed by atoms with E-state index in [9.17, 15) is 9.59 Å². The summed E-state index contributed by atoms with van der Waals surface area (Å²) in [5.74, 6) is 0.630. The van der Waals surface area contributed by atoms with Gasteiger partial charge in [-0.05, 0) is 30.2 Å². The number of benzene rings is 2. The molecule has 3 amide bonds. The Balaban J connectivity index is 1.51. The zero-order chi connectivity index (χ0) is 17.6. The first-order valence-corrected chi connectivity index (χ1v) is 8.84. The van der Waals surface area contributed by atoms with Crippen molar-refractivity contribution in [2.24, 2.45) is 5.92 Å². The van der Waals surface area contributed by atoms with Crippen LogP contribution >= 0.6 is 0 Å². The average molecular weight is 340 g/mol. The van der Waals surface area contributed by atoms with Crippen LogP contribution in [0, 0.1) is 5.92 Å². The molecule has 1 fully saturated rings. The second-order valence-corrected chi connectivity index (χ2v) is 6.66. The van der Waals surface area contributed by atoms with Gasteiger partial charge in [0.2, 0.25) is 0 Å². The Hall–Kier alpha value is -2.56. The van der Waals surface area contributed by atoms with Crippen LogP contribution in [-0.2, 0) is 4.79 Å². The summed E-state index contributed by atoms with van der Waals surface area (Å²) in [7, 11) is 0. The highest BCUT2D eigenvalue weighted by Crippen LogP contribution is 2.25. The summed E-state index contributed by atoms with van der Waals surface area (Å²) < 4.78 is 5.60. The van der Waals surface area contributed by atoms with E-state index in [2.05, 4.69) is 17.6 Å². The topological polar surface area (TPSA) is 67.4 Å². The molecule has 1 aliphatic carbocycles. The second-order valence-electron chi connectivity index (χ2n) is 6.66. The molecule has 132 valence electrons. The molecule has 2 aromatic carbocycles. The first-order chi connectivity index (χ1) is 12.1. The number of carbonyl (C=O) groups is 2. The van der Waals surface area contributed by atoms with Crippen molar-refractivity contribution in [3.05, 3.63) is 42.5 Å². The standard InChI is InChI=1S/C20H24N2O3/c1-14-7-2-5-11-17(14)21-20(24)22-19(23)13-25-18-12-6-9-15-8-3-4-10-16(15)18/h3-4,6,8-10,12,14,17H,2,5,7,11,13H2,1H3,(H2,21,22,23,24)/t14-,17-/m0/s1. The van der Waals surface area contributed by atoms with E-state index >= 15 is 0 Å². The molecule has 1 aliphatic rings. The van der Waals surface area contributed by atoms with Crippen LogP contribution in [0.3, 0.4) is 0 Å². The van der Waals surface area contributed by atoms with Gasteiger partial charge in [-0.3, -0.25) is 10.1 Å². The Bertz CT molecular complexity index is 754. The Morgan fingerprint density at radius 1 is 1.08 bits per heavy atom. The first-order valence-electron chi connectivity index (χ1n) is 8.84. The molecule has 2 atom stereocenters. The fourth-order valence-corrected chi connectivity index (χ4v) is 3.36. The van der Waals surface area contributed by atoms with Crippen LogP contribution in [-0.4, -0.2) is 24.6 Å². The predicted octanol–water partition coefficient (Wildman–Crippen LogP) is 3.62. The molecule has 0 unspecified atom stereocenters. The van der Waals surface area contributed by atoms with Gasteiger partial charge in [-0.2, -0.15) is 0 Å². The van der Waals surface area contributed by atoms with Crippen molar-refractivity contribution in [3.8, 4) is 5.75 Å². The smallest absolute Gasteiger partial charge is 0.321 e. The van der Waals surface area contributed by atoms with Gasteiger partial charge in [-0.1, -0.05) is 56.2 Å². The molecule has 3 rings (SSSR count). The van der Waals surface area contributed by atoms with Crippen molar-refractivity contribution < 1.29 is 14.3 Å². The first kappa shape index (κ1) is 17.3. The Morgan fingerprint density at radius 3 is 2.68 bits per heavy atom. The fourth-order valence-electron chi connectivity index (χ4n) is 3.36. The van der Waals surface area contributed by atoms with E-state index in [0.717, 1.165) is 30.0 Å². The van der Waals surface area contributed by atoms with Crippen molar-refractivity contribution in [1.29, 1.82) is 0 Å². The predicted molar refractivity (Wildman–Crippen MR) is 97.5 cm³/mol. The van der Waals surface area contributed by atoms with Crippen LogP contribution in [0.15, 0.2) is 42.5 Å². The number of rotatable bonds is 4. The van der Waals surface area contributed by atoms with Crippen molar-refractivity contribution >= 4 is 22.7 Å². The Labute approximate surface area is 147 Å². The maximum Gasteiger partial charge on any atom is 0.321 e. The van der Waals surface area contributed by atoms with E-state index in [1.807, 2.05) is 42.5 Å². The largest absolute Gasteiger partial charge is 0.483 e. The second kappa shape index (κ2) is 8.01. The maximum absolute atomic E-state index is 12.0. The van der Waals surface area contributed by atoms with Crippen LogP contribution in [0.2, 0.25) is 0 Å². The number of hydrogen-bond acceptors (Lipinski definition) is 3. The number of imide groups is 1. The molecular formula is C20H24N2O3. The summed E-state index contributed by atoms with van der Waals surface area (Å²) in [4.78, 5) is 24.0. The lowest BCUT2D eigenvalue weighted by Crippen LogP contribution is -2.48. The van der Waals surface area contributed by atoms with Gasteiger partial charge in [0.15, 0.2) is 6.61 Å². The molecule has 0 aromatic heterocycles. The quantitative estimate of drug-likeness (QED) is 0.893. The average Bonchev–Trinajstić information content (AvgIpc) is 2.62. The molecule has 2 aromatic rings. The SMILES string of the molecule is C[C@H]1CCCC[C@@H]1NC(=O)NC(=O)COc1cccc2ccccc12. The third-order valence-corrected chi connectivity index (χ3v) is 4.79. The lowest BCUT2D eigenvalue weighted by atomic mass is 9.86. The molecule has 0 aliphatic heterocycles. The van der Waals surface area contributed by atoms with Crippen LogP contribution < -0.4 is 15.4 Å². The number of carbonyl (C=O) groups excluding carboxylic acids is 2. The van der Waals surface area contributed by atoms with E-state index in [4.69, 9.17) is 4.74 Å². The van der Waals surface area contributed by atoms with Crippen LogP contribution in [0.5, 0.6) is 5.75 Å². The fraction of sp³-hybridized carbons (Fsp3) is 0.400. The van der Waals surface area contributed by atoms with Gasteiger partial charge in [0.25, 0.3) is 5.91 Å². The van der Waals surface area contributed by atoms with Crippen LogP contribution in [0.25, 0.3) is 10.8 Å². The molecule has 25 heavy (non-hydrogen) atoms. The van der Waals surface area contributed by atoms with Gasteiger partial charge < -0.3 is 10.1 Å². The molecule has 0 bridgehead atoms. The summed E-state index contributed by atoms with van der Waals surface area (Å²) in [6.45, 7) is 1.94. The number of hydrogen-bond donors (Lipinski definition) is 2. The molecule has 0 heterocycles. The van der Waals surface area contributed by atoms with Gasteiger partial charge in [0, 0.05) is 11.4 Å². The van der Waals surface area contributed by atoms with E-state index in [1.54, 1.807) is 0 Å². The van der Waals surface area contributed by atoms with Gasteiger partial charge in [-0.25, -0.2) is 4.79 Å². The van der Waals surface area contributed by atoms with Crippen molar-refractivity contribution in [2.75, 3.05) is 6.61 Å². The van der Waals surface area contributed by atoms with Crippen molar-refractivity contribution in [3.63, 3.8) is 0 Å². The van der Waals surface area contributed by atoms with Crippen molar-refractivity contribution in [1.82, 2.24) is 10.6 Å². The molecule has 0 saturated heterocycles. The van der Waals surface area contributed by atoms with E-state index in [1.165, 1.54) is 6.42 Å². The highest BCUT2D eigenvalue weighted by atomic mass is 16.5. The summed E-state index contributed by atoms with van der Waals surface area (Å²) >= 11 is 0. The minimum atomic E-state index is -0.450. The van der Waals surface area contributed by atoms with Gasteiger partial charge in [0.05, 0.1) is 0 Å². The van der Waals surface area contributed by atoms with Gasteiger partial charge in [-0.15, -0.1) is 0 Å². The minimum Gasteiger partial charge on any atom is -0.483 e. The molecule has 2 N–H and O–H groups in total. The molecule has 0 spiro atoms. The summed E-state index contributed by atoms with van der Waals surface area (Å²) in [6, 6.07) is 13.2. The third kappa shape index (κ3) is 4.50. The third-order valence-electron chi connectivity index (χ3n) is 4.79. The summed E-state index contributed by atoms with van der Waals surface area (Å²) in [6.07, 6.45) is 4.41. The van der Waals surface area contributed by atoms with Crippen LogP contribution in [0.4, 0.5) is 4.79 Å². The maximum atomic E-state index is 12.0. The number of ether oxygens (including phenoxy) is 1. The summed E-state index contributed by atoms with van der Waals surface area (Å²) in [5.41, 5.74) is 0. The van der Waals surface area contributed by atoms with Crippen molar-refractivity contribution in [2.45, 2.75) is 38.6 Å². The Kier molecular flexibility index (Phi) is 5.53. The number of amides is 3. The normalized spacial score (nSPS) is 20.0. The molecule has 1 saturated carbocycles. The van der Waals surface area contributed by atoms with E-state index in [-0.39, 0.29) is 12.6 Å². The van der Waals surface area contributed by atoms with E-state index in [0.29, 0.717) is 11.7 Å². The van der Waals surface area contributed by atoms with Gasteiger partial charge >= 0.3 is 6.03 Å². The zero-order valence-electron chi connectivity index (χ0n) is 14.5.